The van der Waals surface area contributed by atoms with Crippen LogP contribution in [0.4, 0.5) is 0 Å². The van der Waals surface area contributed by atoms with Gasteiger partial charge in [0.05, 0.1) is 25.9 Å². The molecule has 0 aliphatic heterocycles. The van der Waals surface area contributed by atoms with E-state index >= 15 is 0 Å². The number of hydrogen-bond donors (Lipinski definition) is 1. The smallest absolute Gasteiger partial charge is 0.308 e. The van der Waals surface area contributed by atoms with Gasteiger partial charge in [0.2, 0.25) is 0 Å². The first-order valence-electron chi connectivity index (χ1n) is 12.0. The second kappa shape index (κ2) is 12.3. The monoisotopic (exact) mass is 469 g/mol. The fraction of sp³-hybridized carbons (Fsp3) is 0.481. The van der Waals surface area contributed by atoms with Gasteiger partial charge in [0, 0.05) is 31.5 Å². The summed E-state index contributed by atoms with van der Waals surface area (Å²) in [5.41, 5.74) is 2.38. The molecule has 1 N–H and O–H groups in total. The molecule has 1 aliphatic rings. The Balaban J connectivity index is 1.64. The van der Waals surface area contributed by atoms with Gasteiger partial charge in [-0.15, -0.1) is 0 Å². The molecule has 184 valence electrons. The van der Waals surface area contributed by atoms with Gasteiger partial charge in [0.25, 0.3) is 5.91 Å². The molecule has 0 bridgehead atoms. The number of methoxy groups -OCH3 is 1. The molecule has 1 saturated carbocycles. The van der Waals surface area contributed by atoms with Crippen molar-refractivity contribution in [2.45, 2.75) is 52.4 Å². The van der Waals surface area contributed by atoms with Gasteiger partial charge in [-0.2, -0.15) is 0 Å². The summed E-state index contributed by atoms with van der Waals surface area (Å²) in [6.07, 6.45) is 5.56. The number of carbonyl (C=O) groups excluding carboxylic acids is 2. The van der Waals surface area contributed by atoms with E-state index in [0.29, 0.717) is 42.6 Å². The highest BCUT2D eigenvalue weighted by molar-refractivity contribution is 5.97. The van der Waals surface area contributed by atoms with Crippen LogP contribution >= 0.6 is 0 Å². The van der Waals surface area contributed by atoms with E-state index in [9.17, 15) is 9.59 Å². The highest BCUT2D eigenvalue weighted by Gasteiger charge is 2.27. The molecule has 1 fully saturated rings. The normalized spacial score (nSPS) is 12.7. The maximum absolute atomic E-state index is 12.3. The van der Waals surface area contributed by atoms with Crippen LogP contribution < -0.4 is 24.3 Å². The van der Waals surface area contributed by atoms with Gasteiger partial charge in [-0.1, -0.05) is 19.4 Å². The highest BCUT2D eigenvalue weighted by Crippen LogP contribution is 2.40. The van der Waals surface area contributed by atoms with Crippen LogP contribution in [0.25, 0.3) is 0 Å². The van der Waals surface area contributed by atoms with Crippen LogP contribution in [-0.4, -0.2) is 39.2 Å². The number of hydrogen-bond acceptors (Lipinski definition) is 6. The molecule has 2 aromatic rings. The third kappa shape index (κ3) is 6.65. The van der Waals surface area contributed by atoms with Crippen molar-refractivity contribution in [3.8, 4) is 23.0 Å². The lowest BCUT2D eigenvalue weighted by molar-refractivity contribution is -0.131. The lowest BCUT2D eigenvalue weighted by Crippen LogP contribution is -2.19. The highest BCUT2D eigenvalue weighted by atomic mass is 16.5. The van der Waals surface area contributed by atoms with Crippen molar-refractivity contribution in [2.24, 2.45) is 5.92 Å². The zero-order valence-corrected chi connectivity index (χ0v) is 20.6. The first kappa shape index (κ1) is 25.4. The molecular weight excluding hydrogens is 434 g/mol. The van der Waals surface area contributed by atoms with Gasteiger partial charge in [-0.05, 0) is 55.9 Å². The van der Waals surface area contributed by atoms with E-state index in [1.54, 1.807) is 26.3 Å². The molecule has 0 radical (unpaired) electrons. The largest absolute Gasteiger partial charge is 0.495 e. The van der Waals surface area contributed by atoms with Crippen LogP contribution in [0, 0.1) is 5.92 Å². The van der Waals surface area contributed by atoms with Crippen molar-refractivity contribution < 1.29 is 28.5 Å². The number of carbonyl (C=O) groups is 2. The second-order valence-corrected chi connectivity index (χ2v) is 8.48. The van der Waals surface area contributed by atoms with Crippen LogP contribution in [0.5, 0.6) is 23.0 Å². The van der Waals surface area contributed by atoms with Gasteiger partial charge in [0.15, 0.2) is 0 Å². The average molecular weight is 470 g/mol. The zero-order chi connectivity index (χ0) is 24.5. The number of ether oxygens (including phenoxy) is 4. The summed E-state index contributed by atoms with van der Waals surface area (Å²) in [5.74, 6) is 2.71. The van der Waals surface area contributed by atoms with Crippen molar-refractivity contribution in [3.63, 3.8) is 0 Å². The fourth-order valence-corrected chi connectivity index (χ4v) is 3.95. The molecule has 7 nitrogen and oxygen atoms in total. The Bertz CT molecular complexity index is 999. The van der Waals surface area contributed by atoms with Gasteiger partial charge in [-0.25, -0.2) is 0 Å². The Morgan fingerprint density at radius 3 is 2.26 bits per heavy atom. The van der Waals surface area contributed by atoms with E-state index in [2.05, 4.69) is 12.2 Å². The molecule has 0 heterocycles. The van der Waals surface area contributed by atoms with Crippen molar-refractivity contribution >= 4 is 11.9 Å². The maximum atomic E-state index is 12.3. The summed E-state index contributed by atoms with van der Waals surface area (Å²) in [6, 6.07) is 9.12. The standard InChI is InChI=1S/C27H35NO6/c1-5-8-20-23(9-6-10-25(20)34-18(2)29)32-15-7-16-33-24-14-13-21(27(30)28-3)26(31-4)22(24)17-19-11-12-19/h6,9-10,13-14,19H,5,7-8,11-12,15-17H2,1-4H3,(H,28,30). The lowest BCUT2D eigenvalue weighted by atomic mass is 10.0. The van der Waals surface area contributed by atoms with Gasteiger partial charge in [-0.3, -0.25) is 9.59 Å². The summed E-state index contributed by atoms with van der Waals surface area (Å²) in [6.45, 7) is 4.40. The number of amides is 1. The van der Waals surface area contributed by atoms with E-state index in [0.717, 1.165) is 41.9 Å². The van der Waals surface area contributed by atoms with Crippen LogP contribution in [0.3, 0.4) is 0 Å². The first-order chi connectivity index (χ1) is 16.5. The molecule has 0 unspecified atom stereocenters. The molecular formula is C27H35NO6. The Kier molecular flexibility index (Phi) is 9.19. The summed E-state index contributed by atoms with van der Waals surface area (Å²) in [7, 11) is 3.20. The van der Waals surface area contributed by atoms with Crippen molar-refractivity contribution in [1.29, 1.82) is 0 Å². The van der Waals surface area contributed by atoms with E-state index in [4.69, 9.17) is 18.9 Å². The summed E-state index contributed by atoms with van der Waals surface area (Å²) >= 11 is 0. The summed E-state index contributed by atoms with van der Waals surface area (Å²) < 4.78 is 23.1. The number of esters is 1. The van der Waals surface area contributed by atoms with Crippen LogP contribution in [0.15, 0.2) is 30.3 Å². The molecule has 0 atom stereocenters. The third-order valence-corrected chi connectivity index (χ3v) is 5.73. The number of nitrogens with one attached hydrogen (secondary N) is 1. The fourth-order valence-electron chi connectivity index (χ4n) is 3.95. The molecule has 0 aromatic heterocycles. The lowest BCUT2D eigenvalue weighted by Gasteiger charge is -2.18. The molecule has 0 spiro atoms. The molecule has 34 heavy (non-hydrogen) atoms. The second-order valence-electron chi connectivity index (χ2n) is 8.48. The SMILES string of the molecule is CCCc1c(OCCCOc2ccc(C(=O)NC)c(OC)c2CC2CC2)cccc1OC(C)=O. The maximum Gasteiger partial charge on any atom is 0.308 e. The molecule has 2 aromatic carbocycles. The van der Waals surface area contributed by atoms with E-state index < -0.39 is 0 Å². The van der Waals surface area contributed by atoms with Crippen molar-refractivity contribution in [1.82, 2.24) is 5.32 Å². The molecule has 7 heteroatoms. The molecule has 3 rings (SSSR count). The first-order valence-corrected chi connectivity index (χ1v) is 12.0. The summed E-state index contributed by atoms with van der Waals surface area (Å²) in [4.78, 5) is 23.7. The minimum atomic E-state index is -0.345. The topological polar surface area (TPSA) is 83.1 Å². The van der Waals surface area contributed by atoms with Gasteiger partial charge < -0.3 is 24.3 Å². The van der Waals surface area contributed by atoms with E-state index in [1.165, 1.54) is 19.8 Å². The van der Waals surface area contributed by atoms with Crippen molar-refractivity contribution in [2.75, 3.05) is 27.4 Å². The Hall–Kier alpha value is -3.22. The van der Waals surface area contributed by atoms with Gasteiger partial charge in [0.1, 0.15) is 23.0 Å². The van der Waals surface area contributed by atoms with Crippen LogP contribution in [0.1, 0.15) is 61.0 Å². The number of rotatable bonds is 13. The third-order valence-electron chi connectivity index (χ3n) is 5.73. The van der Waals surface area contributed by atoms with Gasteiger partial charge >= 0.3 is 5.97 Å². The Morgan fingerprint density at radius 1 is 1.00 bits per heavy atom. The minimum absolute atomic E-state index is 0.173. The van der Waals surface area contributed by atoms with Crippen molar-refractivity contribution in [3.05, 3.63) is 47.0 Å². The zero-order valence-electron chi connectivity index (χ0n) is 20.6. The quantitative estimate of drug-likeness (QED) is 0.259. The van der Waals surface area contributed by atoms with E-state index in [-0.39, 0.29) is 11.9 Å². The number of benzene rings is 2. The predicted molar refractivity (Wildman–Crippen MR) is 130 cm³/mol. The van der Waals surface area contributed by atoms with Crippen LogP contribution in [-0.2, 0) is 17.6 Å². The molecule has 1 aliphatic carbocycles. The van der Waals surface area contributed by atoms with E-state index in [1.807, 2.05) is 18.2 Å². The predicted octanol–water partition coefficient (Wildman–Crippen LogP) is 4.73. The van der Waals surface area contributed by atoms with Crippen LogP contribution in [0.2, 0.25) is 0 Å². The Labute approximate surface area is 201 Å². The minimum Gasteiger partial charge on any atom is -0.495 e. The summed E-state index contributed by atoms with van der Waals surface area (Å²) in [5, 5.41) is 2.67. The Morgan fingerprint density at radius 2 is 1.68 bits per heavy atom. The molecule has 1 amide bonds. The molecule has 0 saturated heterocycles. The average Bonchev–Trinajstić information content (AvgIpc) is 3.64.